The average molecular weight is 184 g/mol. The second kappa shape index (κ2) is 4.76. The van der Waals surface area contributed by atoms with Crippen LogP contribution in [0.3, 0.4) is 0 Å². The topological polar surface area (TPSA) is 74.6 Å². The van der Waals surface area contributed by atoms with Crippen LogP contribution in [0.4, 0.5) is 5.69 Å². The molecule has 1 aromatic heterocycles. The van der Waals surface area contributed by atoms with Gasteiger partial charge in [0.15, 0.2) is 0 Å². The Kier molecular flexibility index (Phi) is 3.63. The lowest BCUT2D eigenvalue weighted by molar-refractivity contribution is 0.0923. The summed E-state index contributed by atoms with van der Waals surface area (Å²) in [5.41, 5.74) is 3.71. The van der Waals surface area contributed by atoms with E-state index >= 15 is 0 Å². The first-order valence-corrected chi connectivity index (χ1v) is 3.81. The molecule has 0 saturated carbocycles. The Balaban J connectivity index is 2.69. The summed E-state index contributed by atoms with van der Waals surface area (Å²) in [7, 11) is 1.50. The number of aliphatic hydroxyl groups excluding tert-OH is 2. The molecule has 0 fully saturated rings. The van der Waals surface area contributed by atoms with Gasteiger partial charge in [0.05, 0.1) is 31.3 Å². The SMILES string of the molecule is CONc1ccc(C(O)CO)nc1. The first-order chi connectivity index (χ1) is 6.27. The first-order valence-electron chi connectivity index (χ1n) is 3.81. The predicted octanol–water partition coefficient (Wildman–Crippen LogP) is 0.0806. The van der Waals surface area contributed by atoms with Gasteiger partial charge < -0.3 is 10.2 Å². The zero-order valence-corrected chi connectivity index (χ0v) is 7.27. The van der Waals surface area contributed by atoms with Crippen molar-refractivity contribution in [3.8, 4) is 0 Å². The van der Waals surface area contributed by atoms with Crippen LogP contribution in [0.15, 0.2) is 18.3 Å². The molecule has 0 spiro atoms. The van der Waals surface area contributed by atoms with Crippen molar-refractivity contribution >= 4 is 5.69 Å². The molecule has 1 heterocycles. The summed E-state index contributed by atoms with van der Waals surface area (Å²) in [6.07, 6.45) is 0.592. The van der Waals surface area contributed by atoms with Crippen molar-refractivity contribution in [2.75, 3.05) is 19.2 Å². The Hall–Kier alpha value is -1.17. The molecule has 5 heteroatoms. The van der Waals surface area contributed by atoms with Gasteiger partial charge in [-0.2, -0.15) is 0 Å². The third kappa shape index (κ3) is 2.66. The van der Waals surface area contributed by atoms with E-state index in [0.29, 0.717) is 11.4 Å². The van der Waals surface area contributed by atoms with Gasteiger partial charge in [-0.3, -0.25) is 15.3 Å². The Morgan fingerprint density at radius 2 is 2.38 bits per heavy atom. The minimum Gasteiger partial charge on any atom is -0.393 e. The number of anilines is 1. The van der Waals surface area contributed by atoms with Crippen LogP contribution in [0.25, 0.3) is 0 Å². The molecule has 72 valence electrons. The summed E-state index contributed by atoms with van der Waals surface area (Å²) in [5, 5.41) is 17.8. The van der Waals surface area contributed by atoms with Crippen LogP contribution in [0, 0.1) is 0 Å². The normalized spacial score (nSPS) is 12.5. The molecule has 0 amide bonds. The van der Waals surface area contributed by atoms with Gasteiger partial charge in [0.1, 0.15) is 6.10 Å². The van der Waals surface area contributed by atoms with Crippen LogP contribution < -0.4 is 5.48 Å². The molecule has 0 saturated heterocycles. The number of pyridine rings is 1. The molecule has 13 heavy (non-hydrogen) atoms. The highest BCUT2D eigenvalue weighted by Crippen LogP contribution is 2.11. The van der Waals surface area contributed by atoms with Crippen molar-refractivity contribution in [1.29, 1.82) is 0 Å². The van der Waals surface area contributed by atoms with Gasteiger partial charge in [0, 0.05) is 0 Å². The van der Waals surface area contributed by atoms with Crippen molar-refractivity contribution in [2.24, 2.45) is 0 Å². The zero-order chi connectivity index (χ0) is 9.68. The quantitative estimate of drug-likeness (QED) is 0.578. The minimum absolute atomic E-state index is 0.329. The first kappa shape index (κ1) is 9.91. The minimum atomic E-state index is -0.920. The molecule has 1 unspecified atom stereocenters. The highest BCUT2D eigenvalue weighted by atomic mass is 16.6. The largest absolute Gasteiger partial charge is 0.393 e. The van der Waals surface area contributed by atoms with Crippen LogP contribution in [0.5, 0.6) is 0 Å². The third-order valence-corrected chi connectivity index (χ3v) is 1.52. The second-order valence-electron chi connectivity index (χ2n) is 2.48. The van der Waals surface area contributed by atoms with E-state index in [2.05, 4.69) is 15.3 Å². The summed E-state index contributed by atoms with van der Waals surface area (Å²) in [5.74, 6) is 0. The van der Waals surface area contributed by atoms with Crippen molar-refractivity contribution in [1.82, 2.24) is 4.98 Å². The highest BCUT2D eigenvalue weighted by molar-refractivity contribution is 5.38. The molecule has 0 aliphatic carbocycles. The van der Waals surface area contributed by atoms with E-state index in [-0.39, 0.29) is 6.61 Å². The summed E-state index contributed by atoms with van der Waals surface area (Å²) >= 11 is 0. The Morgan fingerprint density at radius 3 is 2.85 bits per heavy atom. The van der Waals surface area contributed by atoms with Gasteiger partial charge in [-0.05, 0) is 12.1 Å². The molecule has 0 aromatic carbocycles. The maximum atomic E-state index is 9.19. The van der Waals surface area contributed by atoms with E-state index in [9.17, 15) is 5.11 Å². The lowest BCUT2D eigenvalue weighted by Gasteiger charge is -2.07. The molecule has 1 atom stereocenters. The fourth-order valence-corrected chi connectivity index (χ4v) is 0.874. The fourth-order valence-electron chi connectivity index (χ4n) is 0.874. The van der Waals surface area contributed by atoms with Gasteiger partial charge in [-0.25, -0.2) is 0 Å². The summed E-state index contributed by atoms with van der Waals surface area (Å²) in [4.78, 5) is 8.57. The van der Waals surface area contributed by atoms with Gasteiger partial charge in [0.25, 0.3) is 0 Å². The number of hydrogen-bond acceptors (Lipinski definition) is 5. The van der Waals surface area contributed by atoms with Crippen LogP contribution in [-0.2, 0) is 4.84 Å². The lowest BCUT2D eigenvalue weighted by Crippen LogP contribution is -2.05. The molecular formula is C8H12N2O3. The van der Waals surface area contributed by atoms with Crippen molar-refractivity contribution in [3.05, 3.63) is 24.0 Å². The monoisotopic (exact) mass is 184 g/mol. The zero-order valence-electron chi connectivity index (χ0n) is 7.27. The second-order valence-corrected chi connectivity index (χ2v) is 2.48. The molecular weight excluding hydrogens is 172 g/mol. The Bertz CT molecular complexity index is 250. The Morgan fingerprint density at radius 1 is 1.62 bits per heavy atom. The van der Waals surface area contributed by atoms with E-state index in [1.807, 2.05) is 0 Å². The molecule has 3 N–H and O–H groups in total. The standard InChI is InChI=1S/C8H12N2O3/c1-13-10-6-2-3-7(9-4-6)8(12)5-11/h2-4,8,10-12H,5H2,1H3. The fraction of sp³-hybridized carbons (Fsp3) is 0.375. The Labute approximate surface area is 76.0 Å². The molecule has 0 aliphatic rings. The van der Waals surface area contributed by atoms with Gasteiger partial charge in [-0.1, -0.05) is 0 Å². The maximum absolute atomic E-state index is 9.19. The van der Waals surface area contributed by atoms with Gasteiger partial charge in [0.2, 0.25) is 0 Å². The lowest BCUT2D eigenvalue weighted by atomic mass is 10.2. The molecule has 1 rings (SSSR count). The number of nitrogens with one attached hydrogen (secondary N) is 1. The number of rotatable bonds is 4. The van der Waals surface area contributed by atoms with E-state index in [1.54, 1.807) is 12.1 Å². The van der Waals surface area contributed by atoms with Crippen molar-refractivity contribution < 1.29 is 15.1 Å². The number of aliphatic hydroxyl groups is 2. The smallest absolute Gasteiger partial charge is 0.119 e. The van der Waals surface area contributed by atoms with Crippen LogP contribution in [-0.4, -0.2) is 28.9 Å². The van der Waals surface area contributed by atoms with Crippen molar-refractivity contribution in [3.63, 3.8) is 0 Å². The molecule has 0 radical (unpaired) electrons. The molecule has 1 aromatic rings. The van der Waals surface area contributed by atoms with E-state index in [1.165, 1.54) is 13.3 Å². The summed E-state index contributed by atoms with van der Waals surface area (Å²) in [6, 6.07) is 3.31. The number of nitrogens with zero attached hydrogens (tertiary/aromatic N) is 1. The van der Waals surface area contributed by atoms with Crippen LogP contribution in [0.1, 0.15) is 11.8 Å². The molecule has 0 bridgehead atoms. The third-order valence-electron chi connectivity index (χ3n) is 1.52. The van der Waals surface area contributed by atoms with Crippen molar-refractivity contribution in [2.45, 2.75) is 6.10 Å². The van der Waals surface area contributed by atoms with Gasteiger partial charge in [-0.15, -0.1) is 0 Å². The van der Waals surface area contributed by atoms with Gasteiger partial charge >= 0.3 is 0 Å². The average Bonchev–Trinajstić information content (AvgIpc) is 2.18. The number of hydrogen-bond donors (Lipinski definition) is 3. The van der Waals surface area contributed by atoms with E-state index in [4.69, 9.17) is 5.11 Å². The maximum Gasteiger partial charge on any atom is 0.119 e. The van der Waals surface area contributed by atoms with E-state index in [0.717, 1.165) is 0 Å². The summed E-state index contributed by atoms with van der Waals surface area (Å²) < 4.78 is 0. The number of aromatic nitrogens is 1. The van der Waals surface area contributed by atoms with E-state index < -0.39 is 6.10 Å². The van der Waals surface area contributed by atoms with Crippen LogP contribution >= 0.6 is 0 Å². The molecule has 0 aliphatic heterocycles. The van der Waals surface area contributed by atoms with Crippen LogP contribution in [0.2, 0.25) is 0 Å². The molecule has 5 nitrogen and oxygen atoms in total. The summed E-state index contributed by atoms with van der Waals surface area (Å²) in [6.45, 7) is -0.329. The highest BCUT2D eigenvalue weighted by Gasteiger charge is 2.06. The predicted molar refractivity (Wildman–Crippen MR) is 46.9 cm³/mol.